The van der Waals surface area contributed by atoms with E-state index >= 15 is 0 Å². The maximum atomic E-state index is 12.0. The maximum Gasteiger partial charge on any atom is 0.225 e. The zero-order valence-corrected chi connectivity index (χ0v) is 16.2. The quantitative estimate of drug-likeness (QED) is 0.754. The van der Waals surface area contributed by atoms with Crippen LogP contribution in [0.3, 0.4) is 0 Å². The molecule has 1 fully saturated rings. The first-order valence-corrected chi connectivity index (χ1v) is 9.75. The lowest BCUT2D eigenvalue weighted by atomic mass is 10.2. The molecule has 3 rings (SSSR count). The number of hydrogen-bond donors (Lipinski definition) is 1. The summed E-state index contributed by atoms with van der Waals surface area (Å²) in [4.78, 5) is 16.8. The Morgan fingerprint density at radius 2 is 1.56 bits per heavy atom. The highest BCUT2D eigenvalue weighted by Gasteiger charge is 2.17. The number of anilines is 1. The molecule has 144 valence electrons. The Balaban J connectivity index is 1.30. The minimum Gasteiger partial charge on any atom is -0.491 e. The van der Waals surface area contributed by atoms with Crippen LogP contribution in [-0.2, 0) is 4.79 Å². The predicted molar refractivity (Wildman–Crippen MR) is 110 cm³/mol. The third-order valence-electron chi connectivity index (χ3n) is 4.68. The van der Waals surface area contributed by atoms with Gasteiger partial charge in [-0.15, -0.1) is 0 Å². The predicted octanol–water partition coefficient (Wildman–Crippen LogP) is 3.37. The third-order valence-corrected chi connectivity index (χ3v) is 4.99. The molecule has 1 saturated heterocycles. The minimum atomic E-state index is 0.0665. The molecule has 1 heterocycles. The van der Waals surface area contributed by atoms with Crippen LogP contribution >= 0.6 is 11.6 Å². The molecule has 0 bridgehead atoms. The molecule has 5 nitrogen and oxygen atoms in total. The van der Waals surface area contributed by atoms with Gasteiger partial charge in [0.05, 0.1) is 5.02 Å². The topological polar surface area (TPSA) is 44.8 Å². The summed E-state index contributed by atoms with van der Waals surface area (Å²) >= 11 is 6.10. The SMILES string of the molecule is O=C(CCN1CCN(CCOc2ccccc2Cl)CC1)Nc1ccccc1. The fourth-order valence-corrected chi connectivity index (χ4v) is 3.28. The van der Waals surface area contributed by atoms with Gasteiger partial charge in [0.25, 0.3) is 0 Å². The lowest BCUT2D eigenvalue weighted by Gasteiger charge is -2.34. The van der Waals surface area contributed by atoms with Crippen LogP contribution in [0.4, 0.5) is 5.69 Å². The molecule has 2 aromatic carbocycles. The van der Waals surface area contributed by atoms with Crippen LogP contribution in [0.2, 0.25) is 5.02 Å². The smallest absolute Gasteiger partial charge is 0.225 e. The van der Waals surface area contributed by atoms with E-state index in [-0.39, 0.29) is 5.91 Å². The summed E-state index contributed by atoms with van der Waals surface area (Å²) in [6.07, 6.45) is 0.518. The van der Waals surface area contributed by atoms with E-state index in [1.807, 2.05) is 54.6 Å². The summed E-state index contributed by atoms with van der Waals surface area (Å²) in [6, 6.07) is 17.1. The van der Waals surface area contributed by atoms with Gasteiger partial charge in [0, 0.05) is 51.4 Å². The molecule has 2 aromatic rings. The molecular weight excluding hydrogens is 362 g/mol. The van der Waals surface area contributed by atoms with Crippen LogP contribution in [0.5, 0.6) is 5.75 Å². The van der Waals surface area contributed by atoms with E-state index in [0.717, 1.165) is 50.7 Å². The Kier molecular flexibility index (Phi) is 7.51. The first-order valence-electron chi connectivity index (χ1n) is 9.37. The zero-order valence-electron chi connectivity index (χ0n) is 15.4. The molecule has 1 amide bonds. The van der Waals surface area contributed by atoms with Crippen molar-refractivity contribution in [1.29, 1.82) is 0 Å². The number of amides is 1. The molecule has 1 aliphatic heterocycles. The van der Waals surface area contributed by atoms with E-state index in [9.17, 15) is 4.79 Å². The maximum absolute atomic E-state index is 12.0. The molecule has 1 aliphatic rings. The minimum absolute atomic E-state index is 0.0665. The fourth-order valence-electron chi connectivity index (χ4n) is 3.09. The normalized spacial score (nSPS) is 15.4. The number of benzene rings is 2. The third kappa shape index (κ3) is 6.54. The Morgan fingerprint density at radius 3 is 2.26 bits per heavy atom. The van der Waals surface area contributed by atoms with E-state index in [0.29, 0.717) is 18.1 Å². The highest BCUT2D eigenvalue weighted by atomic mass is 35.5. The van der Waals surface area contributed by atoms with Gasteiger partial charge in [0.1, 0.15) is 12.4 Å². The Hall–Kier alpha value is -2.08. The Bertz CT molecular complexity index is 718. The lowest BCUT2D eigenvalue weighted by Crippen LogP contribution is -2.48. The van der Waals surface area contributed by atoms with Crippen molar-refractivity contribution in [2.45, 2.75) is 6.42 Å². The van der Waals surface area contributed by atoms with Crippen molar-refractivity contribution in [3.05, 3.63) is 59.6 Å². The van der Waals surface area contributed by atoms with Crippen LogP contribution in [0.1, 0.15) is 6.42 Å². The second-order valence-electron chi connectivity index (χ2n) is 6.63. The first-order chi connectivity index (χ1) is 13.2. The average Bonchev–Trinajstić information content (AvgIpc) is 2.70. The van der Waals surface area contributed by atoms with Crippen LogP contribution in [-0.4, -0.2) is 61.6 Å². The van der Waals surface area contributed by atoms with Gasteiger partial charge in [0.15, 0.2) is 0 Å². The highest BCUT2D eigenvalue weighted by Crippen LogP contribution is 2.22. The summed E-state index contributed by atoms with van der Waals surface area (Å²) < 4.78 is 5.76. The van der Waals surface area contributed by atoms with Gasteiger partial charge >= 0.3 is 0 Å². The molecule has 0 radical (unpaired) electrons. The molecule has 0 aliphatic carbocycles. The monoisotopic (exact) mass is 387 g/mol. The second-order valence-corrected chi connectivity index (χ2v) is 7.03. The zero-order chi connectivity index (χ0) is 18.9. The summed E-state index contributed by atoms with van der Waals surface area (Å²) in [5.74, 6) is 0.805. The molecule has 0 saturated carbocycles. The van der Waals surface area contributed by atoms with Crippen molar-refractivity contribution < 1.29 is 9.53 Å². The fraction of sp³-hybridized carbons (Fsp3) is 0.381. The lowest BCUT2D eigenvalue weighted by molar-refractivity contribution is -0.116. The molecule has 0 atom stereocenters. The molecule has 1 N–H and O–H groups in total. The van der Waals surface area contributed by atoms with Gasteiger partial charge in [-0.3, -0.25) is 9.69 Å². The first kappa shape index (κ1) is 19.7. The molecule has 27 heavy (non-hydrogen) atoms. The van der Waals surface area contributed by atoms with Crippen molar-refractivity contribution >= 4 is 23.2 Å². The van der Waals surface area contributed by atoms with Crippen molar-refractivity contribution in [1.82, 2.24) is 9.80 Å². The summed E-state index contributed by atoms with van der Waals surface area (Å²) in [5.41, 5.74) is 0.853. The van der Waals surface area contributed by atoms with E-state index in [2.05, 4.69) is 15.1 Å². The number of nitrogens with zero attached hydrogens (tertiary/aromatic N) is 2. The van der Waals surface area contributed by atoms with Gasteiger partial charge in [-0.1, -0.05) is 41.9 Å². The second kappa shape index (κ2) is 10.3. The van der Waals surface area contributed by atoms with E-state index in [4.69, 9.17) is 16.3 Å². The summed E-state index contributed by atoms with van der Waals surface area (Å²) in [5, 5.41) is 3.58. The summed E-state index contributed by atoms with van der Waals surface area (Å²) in [7, 11) is 0. The van der Waals surface area contributed by atoms with Crippen LogP contribution in [0.25, 0.3) is 0 Å². The standard InChI is InChI=1S/C21H26ClN3O2/c22-19-8-4-5-9-20(19)27-17-16-25-14-12-24(13-15-25)11-10-21(26)23-18-6-2-1-3-7-18/h1-9H,10-17H2,(H,23,26). The van der Waals surface area contributed by atoms with Gasteiger partial charge in [0.2, 0.25) is 5.91 Å². The number of para-hydroxylation sites is 2. The van der Waals surface area contributed by atoms with Crippen molar-refractivity contribution in [2.75, 3.05) is 51.2 Å². The number of piperazine rings is 1. The number of carbonyl (C=O) groups excluding carboxylic acids is 1. The molecule has 0 unspecified atom stereocenters. The van der Waals surface area contributed by atoms with Gasteiger partial charge in [-0.2, -0.15) is 0 Å². The van der Waals surface area contributed by atoms with E-state index < -0.39 is 0 Å². The number of nitrogens with one attached hydrogen (secondary N) is 1. The van der Waals surface area contributed by atoms with Crippen LogP contribution < -0.4 is 10.1 Å². The average molecular weight is 388 g/mol. The Morgan fingerprint density at radius 1 is 0.926 bits per heavy atom. The van der Waals surface area contributed by atoms with Gasteiger partial charge in [-0.05, 0) is 24.3 Å². The van der Waals surface area contributed by atoms with Crippen molar-refractivity contribution in [2.24, 2.45) is 0 Å². The van der Waals surface area contributed by atoms with Crippen LogP contribution in [0, 0.1) is 0 Å². The molecular formula is C21H26ClN3O2. The van der Waals surface area contributed by atoms with Gasteiger partial charge in [-0.25, -0.2) is 0 Å². The van der Waals surface area contributed by atoms with E-state index in [1.54, 1.807) is 0 Å². The highest BCUT2D eigenvalue weighted by molar-refractivity contribution is 6.32. The number of ether oxygens (including phenoxy) is 1. The molecule has 0 spiro atoms. The molecule has 6 heteroatoms. The van der Waals surface area contributed by atoms with E-state index in [1.165, 1.54) is 0 Å². The summed E-state index contributed by atoms with van der Waals surface area (Å²) in [6.45, 7) is 6.24. The number of rotatable bonds is 8. The van der Waals surface area contributed by atoms with Crippen molar-refractivity contribution in [3.8, 4) is 5.75 Å². The van der Waals surface area contributed by atoms with Crippen molar-refractivity contribution in [3.63, 3.8) is 0 Å². The molecule has 0 aromatic heterocycles. The Labute approximate surface area is 165 Å². The largest absolute Gasteiger partial charge is 0.491 e. The number of hydrogen-bond acceptors (Lipinski definition) is 4. The van der Waals surface area contributed by atoms with Crippen LogP contribution in [0.15, 0.2) is 54.6 Å². The number of halogens is 1. The number of carbonyl (C=O) groups is 1. The van der Waals surface area contributed by atoms with Gasteiger partial charge < -0.3 is 15.0 Å².